The molecule has 0 unspecified atom stereocenters. The molecule has 1 aliphatic rings. The minimum absolute atomic E-state index is 0.0773. The lowest BCUT2D eigenvalue weighted by molar-refractivity contribution is -0.149. The lowest BCUT2D eigenvalue weighted by Gasteiger charge is -2.47. The molecule has 94 valence electrons. The number of piperazine rings is 1. The van der Waals surface area contributed by atoms with Gasteiger partial charge >= 0.3 is 5.97 Å². The molecule has 0 aromatic rings. The molecule has 0 aliphatic carbocycles. The van der Waals surface area contributed by atoms with Crippen molar-refractivity contribution in [1.29, 1.82) is 0 Å². The summed E-state index contributed by atoms with van der Waals surface area (Å²) in [5.74, 6) is -0.708. The molecule has 0 radical (unpaired) electrons. The van der Waals surface area contributed by atoms with E-state index in [9.17, 15) is 9.90 Å². The van der Waals surface area contributed by atoms with E-state index in [1.807, 2.05) is 0 Å². The van der Waals surface area contributed by atoms with E-state index in [0.29, 0.717) is 12.6 Å². The highest BCUT2D eigenvalue weighted by Gasteiger charge is 2.38. The van der Waals surface area contributed by atoms with Crippen molar-refractivity contribution in [3.63, 3.8) is 0 Å². The summed E-state index contributed by atoms with van der Waals surface area (Å²) in [6.07, 6.45) is 0. The van der Waals surface area contributed by atoms with Gasteiger partial charge in [-0.2, -0.15) is 0 Å². The first kappa shape index (κ1) is 13.5. The molecule has 4 heteroatoms. The minimum Gasteiger partial charge on any atom is -0.480 e. The molecule has 0 aromatic carbocycles. The Hall–Kier alpha value is -0.610. The van der Waals surface area contributed by atoms with E-state index < -0.39 is 5.97 Å². The second-order valence-electron chi connectivity index (χ2n) is 5.81. The number of rotatable bonds is 2. The third-order valence-corrected chi connectivity index (χ3v) is 3.29. The predicted molar refractivity (Wildman–Crippen MR) is 64.6 cm³/mol. The Bertz CT molecular complexity index is 258. The zero-order valence-electron chi connectivity index (χ0n) is 11.0. The minimum atomic E-state index is -0.708. The second-order valence-corrected chi connectivity index (χ2v) is 5.81. The van der Waals surface area contributed by atoms with Crippen molar-refractivity contribution in [2.45, 2.75) is 52.2 Å². The molecule has 0 saturated carbocycles. The van der Waals surface area contributed by atoms with Gasteiger partial charge in [-0.3, -0.25) is 14.6 Å². The molecule has 1 saturated heterocycles. The number of aliphatic carboxylic acids is 1. The summed E-state index contributed by atoms with van der Waals surface area (Å²) in [4.78, 5) is 15.6. The number of carbonyl (C=O) groups is 1. The van der Waals surface area contributed by atoms with Gasteiger partial charge in [0.1, 0.15) is 6.04 Å². The summed E-state index contributed by atoms with van der Waals surface area (Å²) in [6, 6.07) is 0.0418. The molecule has 1 N–H and O–H groups in total. The maximum atomic E-state index is 11.3. The average molecular weight is 228 g/mol. The summed E-state index contributed by atoms with van der Waals surface area (Å²) in [5, 5.41) is 9.30. The fraction of sp³-hybridized carbons (Fsp3) is 0.917. The van der Waals surface area contributed by atoms with Gasteiger partial charge in [0.2, 0.25) is 0 Å². The molecule has 16 heavy (non-hydrogen) atoms. The first-order chi connectivity index (χ1) is 7.23. The van der Waals surface area contributed by atoms with Crippen LogP contribution >= 0.6 is 0 Å². The van der Waals surface area contributed by atoms with E-state index in [-0.39, 0.29) is 11.6 Å². The number of nitrogens with zero attached hydrogens (tertiary/aromatic N) is 2. The Morgan fingerprint density at radius 3 is 2.25 bits per heavy atom. The van der Waals surface area contributed by atoms with Gasteiger partial charge in [0.05, 0.1) is 0 Å². The molecule has 0 spiro atoms. The predicted octanol–water partition coefficient (Wildman–Crippen LogP) is 1.26. The molecule has 0 bridgehead atoms. The Morgan fingerprint density at radius 2 is 1.88 bits per heavy atom. The Kier molecular flexibility index (Phi) is 3.97. The summed E-state index contributed by atoms with van der Waals surface area (Å²) in [5.41, 5.74) is -0.0773. The fourth-order valence-corrected chi connectivity index (χ4v) is 2.29. The van der Waals surface area contributed by atoms with Gasteiger partial charge in [-0.25, -0.2) is 0 Å². The maximum Gasteiger partial charge on any atom is 0.322 e. The van der Waals surface area contributed by atoms with Gasteiger partial charge in [0.15, 0.2) is 0 Å². The Labute approximate surface area is 98.2 Å². The smallest absolute Gasteiger partial charge is 0.322 e. The van der Waals surface area contributed by atoms with Crippen molar-refractivity contribution in [3.05, 3.63) is 0 Å². The van der Waals surface area contributed by atoms with Crippen LogP contribution in [0.25, 0.3) is 0 Å². The van der Waals surface area contributed by atoms with Crippen molar-refractivity contribution < 1.29 is 9.90 Å². The van der Waals surface area contributed by atoms with E-state index in [4.69, 9.17) is 0 Å². The quantitative estimate of drug-likeness (QED) is 0.773. The van der Waals surface area contributed by atoms with Gasteiger partial charge in [-0.15, -0.1) is 0 Å². The van der Waals surface area contributed by atoms with Crippen molar-refractivity contribution >= 4 is 5.97 Å². The van der Waals surface area contributed by atoms with Gasteiger partial charge in [0.25, 0.3) is 0 Å². The molecular weight excluding hydrogens is 204 g/mol. The molecule has 0 amide bonds. The summed E-state index contributed by atoms with van der Waals surface area (Å²) >= 11 is 0. The van der Waals surface area contributed by atoms with Crippen LogP contribution in [0.15, 0.2) is 0 Å². The summed E-state index contributed by atoms with van der Waals surface area (Å²) in [7, 11) is 0. The topological polar surface area (TPSA) is 43.8 Å². The van der Waals surface area contributed by atoms with Crippen molar-refractivity contribution in [1.82, 2.24) is 9.80 Å². The molecular formula is C12H24N2O2. The molecule has 0 aromatic heterocycles. The number of hydrogen-bond donors (Lipinski definition) is 1. The number of carboxylic acids is 1. The fourth-order valence-electron chi connectivity index (χ4n) is 2.29. The van der Waals surface area contributed by atoms with E-state index in [0.717, 1.165) is 13.1 Å². The molecule has 1 heterocycles. The van der Waals surface area contributed by atoms with Gasteiger partial charge in [-0.05, 0) is 34.6 Å². The van der Waals surface area contributed by atoms with Crippen LogP contribution in [0.1, 0.15) is 34.6 Å². The first-order valence-corrected chi connectivity index (χ1v) is 5.97. The van der Waals surface area contributed by atoms with Crippen LogP contribution in [-0.2, 0) is 4.79 Å². The zero-order valence-corrected chi connectivity index (χ0v) is 11.0. The third kappa shape index (κ3) is 2.95. The normalized spacial score (nSPS) is 25.0. The monoisotopic (exact) mass is 228 g/mol. The Morgan fingerprint density at radius 1 is 1.31 bits per heavy atom. The second kappa shape index (κ2) is 4.72. The van der Waals surface area contributed by atoms with Crippen LogP contribution in [0.4, 0.5) is 0 Å². The highest BCUT2D eigenvalue weighted by Crippen LogP contribution is 2.22. The van der Waals surface area contributed by atoms with Gasteiger partial charge in [0, 0.05) is 31.2 Å². The van der Waals surface area contributed by atoms with Gasteiger partial charge in [-0.1, -0.05) is 0 Å². The lowest BCUT2D eigenvalue weighted by atomic mass is 9.99. The zero-order chi connectivity index (χ0) is 12.5. The molecule has 4 nitrogen and oxygen atoms in total. The SMILES string of the molecule is CC(C)N1CCN(C(C)(C)C)[C@H](C(=O)O)C1. The lowest BCUT2D eigenvalue weighted by Crippen LogP contribution is -2.62. The standard InChI is InChI=1S/C12H24N2O2/c1-9(2)13-6-7-14(12(3,4)5)10(8-13)11(15)16/h9-10H,6-8H2,1-5H3,(H,15,16)/t10-/m0/s1. The molecule has 1 aliphatic heterocycles. The largest absolute Gasteiger partial charge is 0.480 e. The molecule has 1 fully saturated rings. The van der Waals surface area contributed by atoms with E-state index in [1.165, 1.54) is 0 Å². The molecule has 1 atom stereocenters. The van der Waals surface area contributed by atoms with Crippen LogP contribution in [0.5, 0.6) is 0 Å². The van der Waals surface area contributed by atoms with E-state index >= 15 is 0 Å². The maximum absolute atomic E-state index is 11.3. The van der Waals surface area contributed by atoms with Crippen molar-refractivity contribution in [3.8, 4) is 0 Å². The van der Waals surface area contributed by atoms with Crippen LogP contribution in [0.3, 0.4) is 0 Å². The average Bonchev–Trinajstić information content (AvgIpc) is 2.15. The summed E-state index contributed by atoms with van der Waals surface area (Å²) < 4.78 is 0. The first-order valence-electron chi connectivity index (χ1n) is 5.97. The van der Waals surface area contributed by atoms with Crippen molar-refractivity contribution in [2.24, 2.45) is 0 Å². The highest BCUT2D eigenvalue weighted by atomic mass is 16.4. The van der Waals surface area contributed by atoms with Crippen LogP contribution in [-0.4, -0.2) is 58.1 Å². The van der Waals surface area contributed by atoms with E-state index in [2.05, 4.69) is 44.4 Å². The van der Waals surface area contributed by atoms with Crippen LogP contribution in [0.2, 0.25) is 0 Å². The van der Waals surface area contributed by atoms with E-state index in [1.54, 1.807) is 0 Å². The van der Waals surface area contributed by atoms with Gasteiger partial charge < -0.3 is 5.11 Å². The van der Waals surface area contributed by atoms with Crippen LogP contribution < -0.4 is 0 Å². The highest BCUT2D eigenvalue weighted by molar-refractivity contribution is 5.74. The molecule has 1 rings (SSSR count). The Balaban J connectivity index is 2.80. The number of carboxylic acid groups (broad SMARTS) is 1. The van der Waals surface area contributed by atoms with Crippen LogP contribution in [0, 0.1) is 0 Å². The third-order valence-electron chi connectivity index (χ3n) is 3.29. The van der Waals surface area contributed by atoms with Crippen molar-refractivity contribution in [2.75, 3.05) is 19.6 Å². The number of hydrogen-bond acceptors (Lipinski definition) is 3. The summed E-state index contributed by atoms with van der Waals surface area (Å²) in [6.45, 7) is 12.9.